The third-order valence-corrected chi connectivity index (χ3v) is 2.91. The highest BCUT2D eigenvalue weighted by Gasteiger charge is 2.19. The Labute approximate surface area is 121 Å². The average molecular weight is 300 g/mol. The molecule has 0 aliphatic carbocycles. The third kappa shape index (κ3) is 5.45. The van der Waals surface area contributed by atoms with Crippen LogP contribution in [0.5, 0.6) is 0 Å². The van der Waals surface area contributed by atoms with Gasteiger partial charge in [-0.1, -0.05) is 13.8 Å². The maximum atomic E-state index is 13.4. The highest BCUT2D eigenvalue weighted by atomic mass is 19.2. The molecule has 1 amide bonds. The number of carboxylic acid groups (broad SMARTS) is 1. The van der Waals surface area contributed by atoms with Gasteiger partial charge in [-0.25, -0.2) is 9.37 Å². The molecular weight excluding hydrogens is 282 g/mol. The van der Waals surface area contributed by atoms with E-state index < -0.39 is 29.2 Å². The number of aromatic nitrogens is 1. The Kier molecular flexibility index (Phi) is 6.20. The number of rotatable bonds is 7. The minimum Gasteiger partial charge on any atom is -0.481 e. The van der Waals surface area contributed by atoms with E-state index in [9.17, 15) is 18.4 Å². The van der Waals surface area contributed by atoms with Crippen molar-refractivity contribution in [2.75, 3.05) is 6.54 Å². The van der Waals surface area contributed by atoms with Crippen molar-refractivity contribution in [1.29, 1.82) is 0 Å². The Morgan fingerprint density at radius 1 is 1.38 bits per heavy atom. The van der Waals surface area contributed by atoms with Gasteiger partial charge in [0, 0.05) is 19.2 Å². The van der Waals surface area contributed by atoms with Crippen LogP contribution in [0.15, 0.2) is 12.3 Å². The van der Waals surface area contributed by atoms with Crippen molar-refractivity contribution >= 4 is 11.9 Å². The fourth-order valence-electron chi connectivity index (χ4n) is 2.08. The summed E-state index contributed by atoms with van der Waals surface area (Å²) in [5.41, 5.74) is -0.443. The van der Waals surface area contributed by atoms with Crippen LogP contribution in [0.2, 0.25) is 0 Å². The molecule has 0 saturated heterocycles. The molecule has 0 unspecified atom stereocenters. The molecule has 1 heterocycles. The molecule has 116 valence electrons. The number of hydrogen-bond acceptors (Lipinski definition) is 3. The summed E-state index contributed by atoms with van der Waals surface area (Å²) in [6.07, 6.45) is 1.52. The quantitative estimate of drug-likeness (QED) is 0.757. The van der Waals surface area contributed by atoms with E-state index in [1.54, 1.807) is 0 Å². The summed E-state index contributed by atoms with van der Waals surface area (Å²) in [6.45, 7) is 3.97. The van der Waals surface area contributed by atoms with Gasteiger partial charge >= 0.3 is 5.97 Å². The van der Waals surface area contributed by atoms with E-state index in [1.165, 1.54) is 0 Å². The Hall–Kier alpha value is -2.05. The fourth-order valence-corrected chi connectivity index (χ4v) is 2.08. The third-order valence-electron chi connectivity index (χ3n) is 2.91. The number of amides is 1. The van der Waals surface area contributed by atoms with Gasteiger partial charge in [0.05, 0.1) is 5.56 Å². The Balaban J connectivity index is 2.68. The fraction of sp³-hybridized carbons (Fsp3) is 0.500. The lowest BCUT2D eigenvalue weighted by Crippen LogP contribution is -2.31. The van der Waals surface area contributed by atoms with Crippen LogP contribution in [0.4, 0.5) is 8.78 Å². The second kappa shape index (κ2) is 7.66. The van der Waals surface area contributed by atoms with Gasteiger partial charge in [0.25, 0.3) is 5.91 Å². The Morgan fingerprint density at radius 3 is 2.62 bits per heavy atom. The van der Waals surface area contributed by atoms with Gasteiger partial charge in [0.2, 0.25) is 5.95 Å². The predicted molar refractivity (Wildman–Crippen MR) is 71.7 cm³/mol. The summed E-state index contributed by atoms with van der Waals surface area (Å²) < 4.78 is 26.3. The van der Waals surface area contributed by atoms with Crippen molar-refractivity contribution in [3.05, 3.63) is 29.6 Å². The van der Waals surface area contributed by atoms with E-state index in [-0.39, 0.29) is 24.8 Å². The zero-order valence-corrected chi connectivity index (χ0v) is 11.9. The molecular formula is C14H18F2N2O3. The maximum absolute atomic E-state index is 13.4. The minimum atomic E-state index is -1.34. The molecule has 0 spiro atoms. The van der Waals surface area contributed by atoms with Crippen LogP contribution in [0.25, 0.3) is 0 Å². The number of carboxylic acids is 1. The predicted octanol–water partition coefficient (Wildman–Crippen LogP) is 2.23. The van der Waals surface area contributed by atoms with E-state index in [2.05, 4.69) is 10.3 Å². The van der Waals surface area contributed by atoms with Crippen LogP contribution in [0.3, 0.4) is 0 Å². The SMILES string of the molecule is CC(C)C[C@H](CNC(=O)c1ccnc(F)c1F)CC(=O)O. The topological polar surface area (TPSA) is 79.3 Å². The van der Waals surface area contributed by atoms with Crippen molar-refractivity contribution in [3.63, 3.8) is 0 Å². The van der Waals surface area contributed by atoms with E-state index in [0.29, 0.717) is 6.42 Å². The summed E-state index contributed by atoms with van der Waals surface area (Å²) in [7, 11) is 0. The number of nitrogens with one attached hydrogen (secondary N) is 1. The molecule has 0 radical (unpaired) electrons. The van der Waals surface area contributed by atoms with Gasteiger partial charge in [-0.2, -0.15) is 4.39 Å². The summed E-state index contributed by atoms with van der Waals surface area (Å²) in [5.74, 6) is -4.40. The van der Waals surface area contributed by atoms with Crippen molar-refractivity contribution in [1.82, 2.24) is 10.3 Å². The van der Waals surface area contributed by atoms with Crippen LogP contribution in [-0.4, -0.2) is 28.5 Å². The second-order valence-electron chi connectivity index (χ2n) is 5.27. The monoisotopic (exact) mass is 300 g/mol. The minimum absolute atomic E-state index is 0.0900. The van der Waals surface area contributed by atoms with Crippen molar-refractivity contribution in [2.24, 2.45) is 11.8 Å². The zero-order chi connectivity index (χ0) is 16.0. The highest BCUT2D eigenvalue weighted by molar-refractivity contribution is 5.94. The molecule has 0 aliphatic rings. The largest absolute Gasteiger partial charge is 0.481 e. The summed E-state index contributed by atoms with van der Waals surface area (Å²) in [4.78, 5) is 25.7. The lowest BCUT2D eigenvalue weighted by atomic mass is 9.94. The van der Waals surface area contributed by atoms with Gasteiger partial charge < -0.3 is 10.4 Å². The first-order chi connectivity index (χ1) is 9.81. The van der Waals surface area contributed by atoms with Gasteiger partial charge in [0.1, 0.15) is 0 Å². The molecule has 1 aromatic rings. The molecule has 0 aromatic carbocycles. The van der Waals surface area contributed by atoms with E-state index in [4.69, 9.17) is 5.11 Å². The number of nitrogens with zero attached hydrogens (tertiary/aromatic N) is 1. The Morgan fingerprint density at radius 2 is 2.05 bits per heavy atom. The number of carbonyl (C=O) groups excluding carboxylic acids is 1. The van der Waals surface area contributed by atoms with E-state index >= 15 is 0 Å². The van der Waals surface area contributed by atoms with Gasteiger partial charge in [-0.05, 0) is 24.3 Å². The van der Waals surface area contributed by atoms with Gasteiger partial charge in [0.15, 0.2) is 5.82 Å². The lowest BCUT2D eigenvalue weighted by Gasteiger charge is -2.17. The van der Waals surface area contributed by atoms with Crippen LogP contribution in [-0.2, 0) is 4.79 Å². The van der Waals surface area contributed by atoms with E-state index in [1.807, 2.05) is 13.8 Å². The molecule has 0 saturated carbocycles. The average Bonchev–Trinajstić information content (AvgIpc) is 2.37. The summed E-state index contributed by atoms with van der Waals surface area (Å²) in [5, 5.41) is 11.3. The van der Waals surface area contributed by atoms with Crippen molar-refractivity contribution < 1.29 is 23.5 Å². The zero-order valence-electron chi connectivity index (χ0n) is 11.9. The second-order valence-corrected chi connectivity index (χ2v) is 5.27. The molecule has 5 nitrogen and oxygen atoms in total. The van der Waals surface area contributed by atoms with Crippen molar-refractivity contribution in [3.8, 4) is 0 Å². The number of aliphatic carboxylic acids is 1. The molecule has 0 fully saturated rings. The molecule has 1 aromatic heterocycles. The number of carbonyl (C=O) groups is 2. The summed E-state index contributed by atoms with van der Waals surface area (Å²) >= 11 is 0. The van der Waals surface area contributed by atoms with Crippen molar-refractivity contribution in [2.45, 2.75) is 26.7 Å². The summed E-state index contributed by atoms with van der Waals surface area (Å²) in [6, 6.07) is 1.07. The molecule has 1 atom stereocenters. The lowest BCUT2D eigenvalue weighted by molar-refractivity contribution is -0.138. The first-order valence-electron chi connectivity index (χ1n) is 6.61. The van der Waals surface area contributed by atoms with Crippen LogP contribution in [0.1, 0.15) is 37.0 Å². The highest BCUT2D eigenvalue weighted by Crippen LogP contribution is 2.15. The standard InChI is InChI=1S/C14H18F2N2O3/c1-8(2)5-9(6-11(19)20)7-18-14(21)10-3-4-17-13(16)12(10)15/h3-4,8-9H,5-7H2,1-2H3,(H,18,21)(H,19,20)/t9-/m0/s1. The first-order valence-corrected chi connectivity index (χ1v) is 6.61. The van der Waals surface area contributed by atoms with Crippen LogP contribution < -0.4 is 5.32 Å². The van der Waals surface area contributed by atoms with E-state index in [0.717, 1.165) is 12.3 Å². The van der Waals surface area contributed by atoms with Crippen LogP contribution in [0, 0.1) is 23.6 Å². The molecule has 7 heteroatoms. The normalized spacial score (nSPS) is 12.2. The number of hydrogen-bond donors (Lipinski definition) is 2. The molecule has 0 aliphatic heterocycles. The maximum Gasteiger partial charge on any atom is 0.303 e. The van der Waals surface area contributed by atoms with Gasteiger partial charge in [-0.15, -0.1) is 0 Å². The molecule has 21 heavy (non-hydrogen) atoms. The molecule has 2 N–H and O–H groups in total. The Bertz CT molecular complexity index is 521. The number of halogens is 2. The smallest absolute Gasteiger partial charge is 0.303 e. The van der Waals surface area contributed by atoms with Crippen LogP contribution >= 0.6 is 0 Å². The molecule has 1 rings (SSSR count). The number of pyridine rings is 1. The van der Waals surface area contributed by atoms with Gasteiger partial charge in [-0.3, -0.25) is 9.59 Å². The first kappa shape index (κ1) is 17.0. The molecule has 0 bridgehead atoms.